The van der Waals surface area contributed by atoms with Gasteiger partial charge >= 0.3 is 0 Å². The second-order valence-corrected chi connectivity index (χ2v) is 19.5. The molecule has 0 saturated carbocycles. The molecule has 0 N–H and O–H groups in total. The average Bonchev–Trinajstić information content (AvgIpc) is 4.01. The zero-order valence-electron chi connectivity index (χ0n) is 39.4. The molecule has 334 valence electrons. The van der Waals surface area contributed by atoms with Gasteiger partial charge in [-0.3, -0.25) is 0 Å². The van der Waals surface area contributed by atoms with E-state index in [9.17, 15) is 0 Å². The Morgan fingerprint density at radius 2 is 0.803 bits per heavy atom. The molecule has 0 atom stereocenters. The number of fused-ring (bicyclic) bond motifs is 9. The summed E-state index contributed by atoms with van der Waals surface area (Å²) in [6.45, 7) is 4.74. The molecule has 0 aliphatic heterocycles. The summed E-state index contributed by atoms with van der Waals surface area (Å²) in [5.74, 6) is 1.88. The monoisotopic (exact) mass is 906 g/mol. The van der Waals surface area contributed by atoms with Crippen molar-refractivity contribution in [1.82, 2.24) is 19.5 Å². The van der Waals surface area contributed by atoms with Crippen LogP contribution >= 0.6 is 0 Å². The largest absolute Gasteiger partial charge is 0.309 e. The summed E-state index contributed by atoms with van der Waals surface area (Å²) in [7, 11) is 0. The molecule has 2 heterocycles. The molecule has 0 amide bonds. The van der Waals surface area contributed by atoms with Crippen LogP contribution in [0.3, 0.4) is 0 Å². The second kappa shape index (κ2) is 15.8. The molecule has 0 saturated heterocycles. The van der Waals surface area contributed by atoms with E-state index in [0.29, 0.717) is 17.5 Å². The first-order valence-electron chi connectivity index (χ1n) is 24.5. The van der Waals surface area contributed by atoms with Crippen molar-refractivity contribution < 1.29 is 0 Å². The van der Waals surface area contributed by atoms with E-state index in [-0.39, 0.29) is 5.41 Å². The average molecular weight is 907 g/mol. The molecule has 0 bridgehead atoms. The molecule has 2 aliphatic rings. The van der Waals surface area contributed by atoms with E-state index in [2.05, 4.69) is 237 Å². The topological polar surface area (TPSA) is 43.6 Å². The Labute approximate surface area is 413 Å². The first-order chi connectivity index (χ1) is 34.9. The number of rotatable bonds is 7. The summed E-state index contributed by atoms with van der Waals surface area (Å²) >= 11 is 0. The summed E-state index contributed by atoms with van der Waals surface area (Å²) in [6, 6.07) is 88.1. The van der Waals surface area contributed by atoms with Crippen LogP contribution in [-0.2, 0) is 10.8 Å². The van der Waals surface area contributed by atoms with Gasteiger partial charge < -0.3 is 4.57 Å². The Morgan fingerprint density at radius 3 is 1.45 bits per heavy atom. The van der Waals surface area contributed by atoms with Crippen LogP contribution in [0.4, 0.5) is 0 Å². The maximum atomic E-state index is 5.20. The van der Waals surface area contributed by atoms with E-state index >= 15 is 0 Å². The van der Waals surface area contributed by atoms with Crippen molar-refractivity contribution in [3.05, 3.63) is 276 Å². The van der Waals surface area contributed by atoms with Gasteiger partial charge in [0.15, 0.2) is 17.5 Å². The maximum absolute atomic E-state index is 5.20. The molecule has 12 aromatic rings. The molecule has 0 unspecified atom stereocenters. The Balaban J connectivity index is 0.986. The molecule has 4 nitrogen and oxygen atoms in total. The Morgan fingerprint density at radius 1 is 0.310 bits per heavy atom. The molecule has 0 radical (unpaired) electrons. The predicted molar refractivity (Wildman–Crippen MR) is 291 cm³/mol. The number of hydrogen-bond donors (Lipinski definition) is 0. The molecule has 71 heavy (non-hydrogen) atoms. The molecule has 2 aromatic heterocycles. The van der Waals surface area contributed by atoms with Gasteiger partial charge in [-0.1, -0.05) is 208 Å². The lowest BCUT2D eigenvalue weighted by molar-refractivity contribution is 0.661. The molecular weight excluding hydrogens is 861 g/mol. The molecule has 14 rings (SSSR count). The molecular formula is C67H46N4. The minimum absolute atomic E-state index is 0.143. The highest BCUT2D eigenvalue weighted by molar-refractivity contribution is 6.12. The quantitative estimate of drug-likeness (QED) is 0.160. The fourth-order valence-electron chi connectivity index (χ4n) is 12.0. The number of aromatic nitrogens is 4. The summed E-state index contributed by atoms with van der Waals surface area (Å²) in [6.07, 6.45) is 0. The van der Waals surface area contributed by atoms with Crippen molar-refractivity contribution in [1.29, 1.82) is 0 Å². The van der Waals surface area contributed by atoms with Gasteiger partial charge in [-0.15, -0.1) is 0 Å². The third kappa shape index (κ3) is 6.21. The van der Waals surface area contributed by atoms with Crippen LogP contribution in [0, 0.1) is 0 Å². The van der Waals surface area contributed by atoms with E-state index in [1.807, 2.05) is 24.3 Å². The van der Waals surface area contributed by atoms with Gasteiger partial charge in [0.25, 0.3) is 0 Å². The third-order valence-corrected chi connectivity index (χ3v) is 15.3. The zero-order valence-corrected chi connectivity index (χ0v) is 39.4. The summed E-state index contributed by atoms with van der Waals surface area (Å²) in [5.41, 5.74) is 20.7. The van der Waals surface area contributed by atoms with Crippen LogP contribution in [0.25, 0.3) is 95.0 Å². The van der Waals surface area contributed by atoms with Crippen LogP contribution < -0.4 is 0 Å². The highest BCUT2D eigenvalue weighted by atomic mass is 15.0. The van der Waals surface area contributed by atoms with Crippen molar-refractivity contribution in [3.8, 4) is 73.2 Å². The smallest absolute Gasteiger partial charge is 0.164 e. The third-order valence-electron chi connectivity index (χ3n) is 15.3. The maximum Gasteiger partial charge on any atom is 0.164 e. The second-order valence-electron chi connectivity index (χ2n) is 19.5. The van der Waals surface area contributed by atoms with Gasteiger partial charge in [-0.2, -0.15) is 0 Å². The van der Waals surface area contributed by atoms with Crippen LogP contribution in [0.15, 0.2) is 243 Å². The van der Waals surface area contributed by atoms with Crippen molar-refractivity contribution in [2.45, 2.75) is 24.7 Å². The summed E-state index contributed by atoms with van der Waals surface area (Å²) in [4.78, 5) is 15.4. The Bertz CT molecular complexity index is 4010. The lowest BCUT2D eigenvalue weighted by Gasteiger charge is -2.34. The zero-order chi connectivity index (χ0) is 47.3. The molecule has 0 fully saturated rings. The number of benzene rings is 10. The summed E-state index contributed by atoms with van der Waals surface area (Å²) in [5, 5.41) is 2.46. The molecule has 0 spiro atoms. The van der Waals surface area contributed by atoms with Gasteiger partial charge in [-0.25, -0.2) is 15.0 Å². The van der Waals surface area contributed by atoms with Crippen molar-refractivity contribution in [2.75, 3.05) is 0 Å². The Hall–Kier alpha value is -8.99. The first kappa shape index (κ1) is 41.0. The van der Waals surface area contributed by atoms with Gasteiger partial charge in [-0.05, 0) is 115 Å². The first-order valence-corrected chi connectivity index (χ1v) is 24.5. The predicted octanol–water partition coefficient (Wildman–Crippen LogP) is 16.3. The molecule has 2 aliphatic carbocycles. The standard InChI is InChI=1S/C67H46N4/c1-66(2)57-30-15-12-29-53(57)55-42-62-56(41-60(55)66)54-38-35-49(67(48-25-10-5-11-26-48)58-31-16-13-27-51(58)52-28-14-17-32-59(52)67)40-61(54)71(62)50-36-33-45(34-37-50)64-68-63(44-21-8-4-9-22-44)69-65(70-64)47-24-18-23-46(39-47)43-19-6-3-7-20-43/h3-42H,1-2H3. The van der Waals surface area contributed by atoms with Crippen molar-refractivity contribution in [3.63, 3.8) is 0 Å². The number of nitrogens with zero attached hydrogens (tertiary/aromatic N) is 4. The van der Waals surface area contributed by atoms with E-state index in [1.54, 1.807) is 0 Å². The number of hydrogen-bond acceptors (Lipinski definition) is 3. The van der Waals surface area contributed by atoms with E-state index in [0.717, 1.165) is 39.0 Å². The van der Waals surface area contributed by atoms with Gasteiger partial charge in [0.05, 0.1) is 16.4 Å². The van der Waals surface area contributed by atoms with E-state index < -0.39 is 5.41 Å². The highest BCUT2D eigenvalue weighted by Crippen LogP contribution is 2.57. The SMILES string of the molecule is CC1(C)c2ccccc2-c2cc3c(cc21)c1ccc(C2(c4ccccc4)c4ccccc4-c4ccccc42)cc1n3-c1ccc(-c2nc(-c3ccccc3)nc(-c3cccc(-c4ccccc4)c3)n2)cc1. The lowest BCUT2D eigenvalue weighted by Crippen LogP contribution is -2.28. The van der Waals surface area contributed by atoms with Crippen LogP contribution in [0.1, 0.15) is 47.2 Å². The normalized spacial score (nSPS) is 13.7. The van der Waals surface area contributed by atoms with Gasteiger partial charge in [0.1, 0.15) is 0 Å². The van der Waals surface area contributed by atoms with Crippen LogP contribution in [0.5, 0.6) is 0 Å². The summed E-state index contributed by atoms with van der Waals surface area (Å²) < 4.78 is 2.49. The molecule has 4 heteroatoms. The van der Waals surface area contributed by atoms with Crippen molar-refractivity contribution in [2.24, 2.45) is 0 Å². The fraction of sp³-hybridized carbons (Fsp3) is 0.0597. The van der Waals surface area contributed by atoms with Gasteiger partial charge in [0, 0.05) is 38.6 Å². The lowest BCUT2D eigenvalue weighted by atomic mass is 9.67. The fourth-order valence-corrected chi connectivity index (χ4v) is 12.0. The minimum Gasteiger partial charge on any atom is -0.309 e. The van der Waals surface area contributed by atoms with Crippen LogP contribution in [0.2, 0.25) is 0 Å². The van der Waals surface area contributed by atoms with Gasteiger partial charge in [0.2, 0.25) is 0 Å². The van der Waals surface area contributed by atoms with E-state index in [4.69, 9.17) is 15.0 Å². The highest BCUT2D eigenvalue weighted by Gasteiger charge is 2.46. The minimum atomic E-state index is -0.538. The van der Waals surface area contributed by atoms with Crippen LogP contribution in [-0.4, -0.2) is 19.5 Å². The van der Waals surface area contributed by atoms with E-state index in [1.165, 1.54) is 71.9 Å². The molecule has 10 aromatic carbocycles. The Kier molecular flexibility index (Phi) is 9.12. The van der Waals surface area contributed by atoms with Crippen molar-refractivity contribution >= 4 is 21.8 Å².